The summed E-state index contributed by atoms with van der Waals surface area (Å²) in [7, 11) is 2.22. The molecule has 2 heterocycles. The highest BCUT2D eigenvalue weighted by atomic mass is 79.9. The molecule has 3 aromatic rings. The molecule has 1 saturated heterocycles. The summed E-state index contributed by atoms with van der Waals surface area (Å²) >= 11 is 0. The van der Waals surface area contributed by atoms with Crippen LogP contribution in [0, 0.1) is 5.92 Å². The molecular formula is C23H26BrN2O2-. The molecule has 4 nitrogen and oxygen atoms in total. The summed E-state index contributed by atoms with van der Waals surface area (Å²) in [6.07, 6.45) is 3.15. The zero-order valence-electron chi connectivity index (χ0n) is 16.0. The molecule has 1 aromatic heterocycles. The number of aromatic nitrogens is 1. The molecule has 2 atom stereocenters. The number of pyridine rings is 1. The van der Waals surface area contributed by atoms with Crippen LogP contribution >= 0.6 is 0 Å². The molecule has 5 rings (SSSR count). The van der Waals surface area contributed by atoms with Gasteiger partial charge in [0.2, 0.25) is 0 Å². The SMILES string of the molecule is CN1CC[C@]2(c3cccc(O)c3)Cc3nc4ccccc4cc3C[C@H]2C1.O.[Br-]. The maximum Gasteiger partial charge on any atom is 0.115 e. The molecular weight excluding hydrogens is 416 g/mol. The van der Waals surface area contributed by atoms with Gasteiger partial charge in [-0.15, -0.1) is 0 Å². The Morgan fingerprint density at radius 2 is 1.93 bits per heavy atom. The number of hydrogen-bond donors (Lipinski definition) is 1. The Morgan fingerprint density at radius 3 is 2.75 bits per heavy atom. The van der Waals surface area contributed by atoms with Gasteiger partial charge in [0.1, 0.15) is 5.75 Å². The van der Waals surface area contributed by atoms with Gasteiger partial charge in [0, 0.05) is 29.5 Å². The highest BCUT2D eigenvalue weighted by molar-refractivity contribution is 5.79. The van der Waals surface area contributed by atoms with Crippen molar-refractivity contribution in [3.63, 3.8) is 0 Å². The summed E-state index contributed by atoms with van der Waals surface area (Å²) in [5, 5.41) is 11.3. The average molecular weight is 442 g/mol. The van der Waals surface area contributed by atoms with Crippen LogP contribution in [0.5, 0.6) is 5.75 Å². The van der Waals surface area contributed by atoms with E-state index in [2.05, 4.69) is 48.3 Å². The van der Waals surface area contributed by atoms with E-state index in [0.29, 0.717) is 11.7 Å². The number of benzene rings is 2. The second-order valence-electron chi connectivity index (χ2n) is 8.08. The van der Waals surface area contributed by atoms with Crippen molar-refractivity contribution in [2.75, 3.05) is 20.1 Å². The first-order valence-corrected chi connectivity index (χ1v) is 9.50. The van der Waals surface area contributed by atoms with E-state index in [1.54, 1.807) is 6.07 Å². The van der Waals surface area contributed by atoms with Crippen molar-refractivity contribution in [1.82, 2.24) is 9.88 Å². The quantitative estimate of drug-likeness (QED) is 0.582. The molecule has 2 aliphatic rings. The fourth-order valence-electron chi connectivity index (χ4n) is 5.12. The summed E-state index contributed by atoms with van der Waals surface area (Å²) in [5.41, 5.74) is 5.08. The molecule has 0 radical (unpaired) electrons. The van der Waals surface area contributed by atoms with Gasteiger partial charge in [-0.3, -0.25) is 4.98 Å². The number of hydrogen-bond acceptors (Lipinski definition) is 3. The molecule has 0 unspecified atom stereocenters. The molecule has 5 heteroatoms. The Balaban J connectivity index is 0.00000112. The fraction of sp³-hybridized carbons (Fsp3) is 0.348. The molecule has 0 spiro atoms. The maximum absolute atomic E-state index is 10.1. The number of likely N-dealkylation sites (tertiary alicyclic amines) is 1. The van der Waals surface area contributed by atoms with Crippen molar-refractivity contribution in [3.8, 4) is 5.75 Å². The molecule has 148 valence electrons. The van der Waals surface area contributed by atoms with E-state index in [1.807, 2.05) is 12.1 Å². The average Bonchev–Trinajstić information content (AvgIpc) is 2.65. The molecule has 1 aliphatic carbocycles. The van der Waals surface area contributed by atoms with Gasteiger partial charge >= 0.3 is 0 Å². The number of phenolic OH excluding ortho intramolecular Hbond substituents is 1. The van der Waals surface area contributed by atoms with Crippen molar-refractivity contribution in [3.05, 3.63) is 71.4 Å². The zero-order valence-corrected chi connectivity index (χ0v) is 17.6. The van der Waals surface area contributed by atoms with Crippen LogP contribution in [0.2, 0.25) is 0 Å². The van der Waals surface area contributed by atoms with Crippen LogP contribution in [0.25, 0.3) is 10.9 Å². The summed E-state index contributed by atoms with van der Waals surface area (Å²) in [5.74, 6) is 0.922. The van der Waals surface area contributed by atoms with E-state index < -0.39 is 0 Å². The van der Waals surface area contributed by atoms with Crippen LogP contribution in [0.4, 0.5) is 0 Å². The Labute approximate surface area is 176 Å². The molecule has 2 aromatic carbocycles. The van der Waals surface area contributed by atoms with Crippen molar-refractivity contribution < 1.29 is 27.6 Å². The van der Waals surface area contributed by atoms with Gasteiger partial charge < -0.3 is 32.5 Å². The number of phenols is 1. The third kappa shape index (κ3) is 3.32. The summed E-state index contributed by atoms with van der Waals surface area (Å²) < 4.78 is 0. The first-order chi connectivity index (χ1) is 12.6. The second-order valence-corrected chi connectivity index (χ2v) is 8.08. The first kappa shape index (κ1) is 20.8. The number of halogens is 1. The number of para-hydroxylation sites is 1. The number of nitrogens with zero attached hydrogens (tertiary/aromatic N) is 2. The normalized spacial score (nSPS) is 23.8. The van der Waals surface area contributed by atoms with Crippen LogP contribution in [0.3, 0.4) is 0 Å². The lowest BCUT2D eigenvalue weighted by molar-refractivity contribution is -0.00000759. The Hall–Kier alpha value is -1.95. The number of fused-ring (bicyclic) bond motifs is 3. The van der Waals surface area contributed by atoms with Crippen LogP contribution in [-0.2, 0) is 18.3 Å². The van der Waals surface area contributed by atoms with Crippen molar-refractivity contribution in [2.45, 2.75) is 24.7 Å². The highest BCUT2D eigenvalue weighted by Crippen LogP contribution is 2.48. The number of piperidine rings is 1. The molecule has 0 bridgehead atoms. The smallest absolute Gasteiger partial charge is 0.115 e. The topological polar surface area (TPSA) is 67.9 Å². The predicted molar refractivity (Wildman–Crippen MR) is 108 cm³/mol. The Kier molecular flexibility index (Phi) is 5.80. The van der Waals surface area contributed by atoms with E-state index in [-0.39, 0.29) is 27.9 Å². The van der Waals surface area contributed by atoms with Crippen LogP contribution in [-0.4, -0.2) is 40.6 Å². The Morgan fingerprint density at radius 1 is 1.11 bits per heavy atom. The van der Waals surface area contributed by atoms with Crippen LogP contribution in [0.1, 0.15) is 23.2 Å². The lowest BCUT2D eigenvalue weighted by Crippen LogP contribution is -3.00. The minimum absolute atomic E-state index is 0. The predicted octanol–water partition coefficient (Wildman–Crippen LogP) is 0.108. The van der Waals surface area contributed by atoms with Crippen LogP contribution < -0.4 is 17.0 Å². The monoisotopic (exact) mass is 441 g/mol. The fourth-order valence-corrected chi connectivity index (χ4v) is 5.12. The molecule has 0 saturated carbocycles. The lowest BCUT2D eigenvalue weighted by Gasteiger charge is -2.50. The van der Waals surface area contributed by atoms with E-state index in [0.717, 1.165) is 37.9 Å². The van der Waals surface area contributed by atoms with Gasteiger partial charge in [0.15, 0.2) is 0 Å². The van der Waals surface area contributed by atoms with Gasteiger partial charge in [0.25, 0.3) is 0 Å². The number of rotatable bonds is 1. The van der Waals surface area contributed by atoms with E-state index in [4.69, 9.17) is 4.98 Å². The number of aromatic hydroxyl groups is 1. The molecule has 1 aliphatic heterocycles. The maximum atomic E-state index is 10.1. The van der Waals surface area contributed by atoms with Gasteiger partial charge in [-0.25, -0.2) is 0 Å². The van der Waals surface area contributed by atoms with Gasteiger partial charge in [-0.2, -0.15) is 0 Å². The third-order valence-electron chi connectivity index (χ3n) is 6.52. The van der Waals surface area contributed by atoms with Gasteiger partial charge in [0.05, 0.1) is 5.52 Å². The van der Waals surface area contributed by atoms with Gasteiger partial charge in [-0.05, 0) is 67.7 Å². The third-order valence-corrected chi connectivity index (χ3v) is 6.52. The minimum atomic E-state index is 0. The second kappa shape index (κ2) is 7.82. The molecule has 3 N–H and O–H groups in total. The minimum Gasteiger partial charge on any atom is -1.00 e. The van der Waals surface area contributed by atoms with Crippen molar-refractivity contribution in [1.29, 1.82) is 0 Å². The molecule has 28 heavy (non-hydrogen) atoms. The highest BCUT2D eigenvalue weighted by Gasteiger charge is 2.47. The van der Waals surface area contributed by atoms with E-state index in [1.165, 1.54) is 22.2 Å². The largest absolute Gasteiger partial charge is 1.00 e. The van der Waals surface area contributed by atoms with Crippen molar-refractivity contribution >= 4 is 10.9 Å². The van der Waals surface area contributed by atoms with Crippen molar-refractivity contribution in [2.24, 2.45) is 5.92 Å². The zero-order chi connectivity index (χ0) is 17.7. The first-order valence-electron chi connectivity index (χ1n) is 9.50. The lowest BCUT2D eigenvalue weighted by atomic mass is 9.58. The summed E-state index contributed by atoms with van der Waals surface area (Å²) in [4.78, 5) is 7.49. The Bertz CT molecular complexity index is 993. The van der Waals surface area contributed by atoms with Crippen LogP contribution in [0.15, 0.2) is 54.6 Å². The van der Waals surface area contributed by atoms with Gasteiger partial charge in [-0.1, -0.05) is 30.3 Å². The standard InChI is InChI=1S/C23H24N2O.BrH.H2O/c1-25-10-9-23(18-6-4-7-20(26)13-18)14-22-17(12-19(23)15-25)11-16-5-2-3-8-21(16)24-22;;/h2-8,11,13,19,26H,9-10,12,14-15H2,1H3;1H;1H2/p-1/t19-,23+;;/m0../s1. The van der Waals surface area contributed by atoms with E-state index in [9.17, 15) is 5.11 Å². The van der Waals surface area contributed by atoms with E-state index >= 15 is 0 Å². The molecule has 0 amide bonds. The molecule has 1 fully saturated rings. The summed E-state index contributed by atoms with van der Waals surface area (Å²) in [6.45, 7) is 2.19. The summed E-state index contributed by atoms with van der Waals surface area (Å²) in [6, 6.07) is 18.7.